The second-order valence-corrected chi connectivity index (χ2v) is 7.72. The molecule has 1 aromatic carbocycles. The van der Waals surface area contributed by atoms with E-state index >= 15 is 0 Å². The predicted molar refractivity (Wildman–Crippen MR) is 113 cm³/mol. The number of nitrogens with zero attached hydrogens (tertiary/aromatic N) is 3. The van der Waals surface area contributed by atoms with Gasteiger partial charge in [-0.2, -0.15) is 13.2 Å². The van der Waals surface area contributed by atoms with Crippen LogP contribution in [0.2, 0.25) is 0 Å². The summed E-state index contributed by atoms with van der Waals surface area (Å²) in [6.45, 7) is -0.0245. The number of ether oxygens (including phenoxy) is 2. The van der Waals surface area contributed by atoms with Crippen LogP contribution in [-0.4, -0.2) is 72.0 Å². The third-order valence-corrected chi connectivity index (χ3v) is 5.30. The highest BCUT2D eigenvalue weighted by Gasteiger charge is 2.34. The fourth-order valence-corrected chi connectivity index (χ4v) is 3.49. The normalized spacial score (nSPS) is 16.8. The molecule has 1 saturated heterocycles. The minimum absolute atomic E-state index is 0.0133. The quantitative estimate of drug-likeness (QED) is 0.567. The van der Waals surface area contributed by atoms with E-state index in [1.807, 2.05) is 0 Å². The second kappa shape index (κ2) is 11.1. The SMILES string of the molecule is COC(=O)CCN1CC(OCc2ccncc2)CN(C(=O)c2cccc(C(F)(F)F)c2)CC1=O. The van der Waals surface area contributed by atoms with Crippen LogP contribution >= 0.6 is 0 Å². The molecule has 0 spiro atoms. The molecule has 1 atom stereocenters. The molecule has 1 fully saturated rings. The number of methoxy groups -OCH3 is 1. The van der Waals surface area contributed by atoms with Crippen LogP contribution in [0.15, 0.2) is 48.8 Å². The first kappa shape index (κ1) is 25.2. The van der Waals surface area contributed by atoms with Crippen molar-refractivity contribution >= 4 is 17.8 Å². The number of rotatable bonds is 7. The van der Waals surface area contributed by atoms with Crippen molar-refractivity contribution in [3.63, 3.8) is 0 Å². The Morgan fingerprint density at radius 1 is 1.15 bits per heavy atom. The zero-order valence-corrected chi connectivity index (χ0v) is 18.5. The van der Waals surface area contributed by atoms with Gasteiger partial charge in [-0.3, -0.25) is 19.4 Å². The molecule has 11 heteroatoms. The van der Waals surface area contributed by atoms with Crippen LogP contribution < -0.4 is 0 Å². The molecule has 1 aliphatic rings. The van der Waals surface area contributed by atoms with E-state index in [-0.39, 0.29) is 44.8 Å². The first-order chi connectivity index (χ1) is 16.2. The lowest BCUT2D eigenvalue weighted by Crippen LogP contribution is -2.40. The Morgan fingerprint density at radius 3 is 2.56 bits per heavy atom. The number of pyridine rings is 1. The van der Waals surface area contributed by atoms with Gasteiger partial charge in [-0.05, 0) is 35.9 Å². The molecule has 1 unspecified atom stereocenters. The minimum Gasteiger partial charge on any atom is -0.469 e. The highest BCUT2D eigenvalue weighted by molar-refractivity contribution is 5.97. The number of halogens is 3. The highest BCUT2D eigenvalue weighted by atomic mass is 19.4. The van der Waals surface area contributed by atoms with Crippen LogP contribution in [0.3, 0.4) is 0 Å². The zero-order valence-electron chi connectivity index (χ0n) is 18.5. The Bertz CT molecular complexity index is 1020. The van der Waals surface area contributed by atoms with E-state index in [1.165, 1.54) is 23.0 Å². The summed E-state index contributed by atoms with van der Waals surface area (Å²) in [7, 11) is 1.24. The fourth-order valence-electron chi connectivity index (χ4n) is 3.49. The molecule has 8 nitrogen and oxygen atoms in total. The summed E-state index contributed by atoms with van der Waals surface area (Å²) in [5.74, 6) is -1.66. The van der Waals surface area contributed by atoms with Crippen molar-refractivity contribution in [3.8, 4) is 0 Å². The number of carbonyl (C=O) groups excluding carboxylic acids is 3. The topological polar surface area (TPSA) is 89.0 Å². The number of alkyl halides is 3. The number of benzene rings is 1. The Morgan fingerprint density at radius 2 is 1.88 bits per heavy atom. The summed E-state index contributed by atoms with van der Waals surface area (Å²) >= 11 is 0. The van der Waals surface area contributed by atoms with E-state index in [9.17, 15) is 27.6 Å². The molecule has 2 heterocycles. The molecular weight excluding hydrogens is 455 g/mol. The molecule has 34 heavy (non-hydrogen) atoms. The van der Waals surface area contributed by atoms with Crippen molar-refractivity contribution in [2.45, 2.75) is 25.3 Å². The summed E-state index contributed by atoms with van der Waals surface area (Å²) in [5, 5.41) is 0. The zero-order chi connectivity index (χ0) is 24.7. The molecule has 1 aliphatic heterocycles. The Balaban J connectivity index is 1.80. The number of hydrogen-bond donors (Lipinski definition) is 0. The average molecular weight is 479 g/mol. The van der Waals surface area contributed by atoms with E-state index in [0.29, 0.717) is 0 Å². The molecule has 0 radical (unpaired) electrons. The molecular formula is C23H24F3N3O5. The van der Waals surface area contributed by atoms with E-state index in [0.717, 1.165) is 23.8 Å². The van der Waals surface area contributed by atoms with Crippen LogP contribution in [0.1, 0.15) is 27.9 Å². The summed E-state index contributed by atoms with van der Waals surface area (Å²) < 4.78 is 49.9. The Kier molecular flexibility index (Phi) is 8.21. The standard InChI is InChI=1S/C23H24F3N3O5/c1-33-21(31)7-10-28-12-19(34-15-16-5-8-27-9-6-16)13-29(14-20(28)30)22(32)17-3-2-4-18(11-17)23(24,25)26/h2-6,8-9,11,19H,7,10,12-15H2,1H3. The predicted octanol–water partition coefficient (Wildman–Crippen LogP) is 2.53. The third-order valence-electron chi connectivity index (χ3n) is 5.30. The largest absolute Gasteiger partial charge is 0.469 e. The van der Waals surface area contributed by atoms with Gasteiger partial charge in [0.25, 0.3) is 5.91 Å². The van der Waals surface area contributed by atoms with Crippen LogP contribution in [0.5, 0.6) is 0 Å². The van der Waals surface area contributed by atoms with Crippen LogP contribution in [0.4, 0.5) is 13.2 Å². The number of amides is 2. The molecule has 2 amide bonds. The van der Waals surface area contributed by atoms with Gasteiger partial charge in [0.1, 0.15) is 6.54 Å². The van der Waals surface area contributed by atoms with Crippen molar-refractivity contribution in [1.82, 2.24) is 14.8 Å². The molecule has 1 aromatic heterocycles. The molecule has 0 bridgehead atoms. The van der Waals surface area contributed by atoms with Gasteiger partial charge in [0.15, 0.2) is 0 Å². The Hall–Kier alpha value is -3.47. The van der Waals surface area contributed by atoms with Crippen molar-refractivity contribution in [1.29, 1.82) is 0 Å². The average Bonchev–Trinajstić information content (AvgIpc) is 2.99. The van der Waals surface area contributed by atoms with Gasteiger partial charge in [0, 0.05) is 37.6 Å². The van der Waals surface area contributed by atoms with Gasteiger partial charge >= 0.3 is 12.1 Å². The van der Waals surface area contributed by atoms with Gasteiger partial charge in [0.05, 0.1) is 31.8 Å². The second-order valence-electron chi connectivity index (χ2n) is 7.72. The molecule has 0 N–H and O–H groups in total. The van der Waals surface area contributed by atoms with Crippen LogP contribution in [-0.2, 0) is 31.8 Å². The number of carbonyl (C=O) groups is 3. The van der Waals surface area contributed by atoms with E-state index in [2.05, 4.69) is 9.72 Å². The lowest BCUT2D eigenvalue weighted by Gasteiger charge is -2.25. The van der Waals surface area contributed by atoms with E-state index in [1.54, 1.807) is 24.5 Å². The number of esters is 1. The molecule has 0 aliphatic carbocycles. The smallest absolute Gasteiger partial charge is 0.416 e. The van der Waals surface area contributed by atoms with Gasteiger partial charge in [0.2, 0.25) is 5.91 Å². The maximum absolute atomic E-state index is 13.1. The maximum atomic E-state index is 13.1. The van der Waals surface area contributed by atoms with Gasteiger partial charge < -0.3 is 19.3 Å². The van der Waals surface area contributed by atoms with Crippen LogP contribution in [0, 0.1) is 0 Å². The lowest BCUT2D eigenvalue weighted by atomic mass is 10.1. The van der Waals surface area contributed by atoms with Gasteiger partial charge in [-0.1, -0.05) is 6.07 Å². The van der Waals surface area contributed by atoms with Crippen molar-refractivity contribution in [2.75, 3.05) is 33.3 Å². The maximum Gasteiger partial charge on any atom is 0.416 e. The highest BCUT2D eigenvalue weighted by Crippen LogP contribution is 2.30. The first-order valence-electron chi connectivity index (χ1n) is 10.5. The number of hydrogen-bond acceptors (Lipinski definition) is 6. The lowest BCUT2D eigenvalue weighted by molar-refractivity contribution is -0.142. The summed E-state index contributed by atoms with van der Waals surface area (Å²) in [4.78, 5) is 44.0. The Labute approximate surface area is 194 Å². The fraction of sp³-hybridized carbons (Fsp3) is 0.391. The van der Waals surface area contributed by atoms with Crippen LogP contribution in [0.25, 0.3) is 0 Å². The van der Waals surface area contributed by atoms with Crippen molar-refractivity contribution in [2.24, 2.45) is 0 Å². The molecule has 0 saturated carbocycles. The number of aromatic nitrogens is 1. The molecule has 2 aromatic rings. The summed E-state index contributed by atoms with van der Waals surface area (Å²) in [6, 6.07) is 7.56. The monoisotopic (exact) mass is 479 g/mol. The van der Waals surface area contributed by atoms with E-state index in [4.69, 9.17) is 4.74 Å². The first-order valence-corrected chi connectivity index (χ1v) is 10.5. The minimum atomic E-state index is -4.61. The summed E-state index contributed by atoms with van der Waals surface area (Å²) in [6.07, 6.45) is -2.08. The van der Waals surface area contributed by atoms with Crippen molar-refractivity contribution < 1.29 is 37.0 Å². The third kappa shape index (κ3) is 6.77. The van der Waals surface area contributed by atoms with E-state index < -0.39 is 35.6 Å². The molecule has 182 valence electrons. The van der Waals surface area contributed by atoms with Crippen molar-refractivity contribution in [3.05, 3.63) is 65.5 Å². The summed E-state index contributed by atoms with van der Waals surface area (Å²) in [5.41, 5.74) is -0.314. The molecule has 3 rings (SSSR count). The van der Waals surface area contributed by atoms with Gasteiger partial charge in [-0.15, -0.1) is 0 Å². The van der Waals surface area contributed by atoms with Gasteiger partial charge in [-0.25, -0.2) is 0 Å².